The third-order valence-corrected chi connectivity index (χ3v) is 8.36. The molecular weight excluding hydrogens is 338 g/mol. The van der Waals surface area contributed by atoms with Gasteiger partial charge >= 0.3 is 6.09 Å². The zero-order valence-electron chi connectivity index (χ0n) is 17.4. The standard InChI is InChI=1S/C23H37NO3/c1-16-13-17(2)22(14-26-21(25)24-19-9-5-4-6-10-19)15-27-23(11-7-8-12-23)20(16)18(22)3/h13,17-20H,4-12,14-15H2,1-3H3,(H,24,25)/t17?,18-,20?,22?/m1/s1. The third kappa shape index (κ3) is 3.32. The van der Waals surface area contributed by atoms with Gasteiger partial charge in [-0.3, -0.25) is 0 Å². The predicted octanol–water partition coefficient (Wildman–Crippen LogP) is 5.22. The zero-order valence-corrected chi connectivity index (χ0v) is 17.4. The van der Waals surface area contributed by atoms with Crippen LogP contribution in [0, 0.1) is 23.2 Å². The fourth-order valence-corrected chi connectivity index (χ4v) is 6.69. The first-order valence-corrected chi connectivity index (χ1v) is 11.2. The van der Waals surface area contributed by atoms with Crippen molar-refractivity contribution >= 4 is 6.09 Å². The predicted molar refractivity (Wildman–Crippen MR) is 107 cm³/mol. The minimum absolute atomic E-state index is 0.0357. The van der Waals surface area contributed by atoms with Crippen LogP contribution in [0.2, 0.25) is 0 Å². The normalized spacial score (nSPS) is 38.5. The number of alkyl carbamates (subject to hydrolysis) is 1. The lowest BCUT2D eigenvalue weighted by Crippen LogP contribution is -2.61. The maximum atomic E-state index is 12.4. The molecule has 3 fully saturated rings. The van der Waals surface area contributed by atoms with Crippen molar-refractivity contribution in [2.75, 3.05) is 13.2 Å². The van der Waals surface area contributed by atoms with Crippen molar-refractivity contribution in [1.29, 1.82) is 0 Å². The van der Waals surface area contributed by atoms with E-state index in [-0.39, 0.29) is 17.1 Å². The second-order valence-corrected chi connectivity index (χ2v) is 9.81. The topological polar surface area (TPSA) is 47.6 Å². The summed E-state index contributed by atoms with van der Waals surface area (Å²) in [6.07, 6.45) is 13.0. The van der Waals surface area contributed by atoms with Gasteiger partial charge in [-0.15, -0.1) is 0 Å². The number of rotatable bonds is 3. The van der Waals surface area contributed by atoms with Gasteiger partial charge in [-0.1, -0.05) is 57.6 Å². The van der Waals surface area contributed by atoms with Gasteiger partial charge in [0, 0.05) is 17.4 Å². The fraction of sp³-hybridized carbons (Fsp3) is 0.870. The van der Waals surface area contributed by atoms with E-state index in [0.29, 0.717) is 37.0 Å². The van der Waals surface area contributed by atoms with Gasteiger partial charge in [0.2, 0.25) is 0 Å². The van der Waals surface area contributed by atoms with E-state index in [1.165, 1.54) is 50.5 Å². The first-order valence-electron chi connectivity index (χ1n) is 11.2. The molecule has 4 nitrogen and oxygen atoms in total. The highest BCUT2D eigenvalue weighted by Crippen LogP contribution is 2.59. The van der Waals surface area contributed by atoms with E-state index >= 15 is 0 Å². The van der Waals surface area contributed by atoms with Crippen LogP contribution < -0.4 is 5.32 Å². The van der Waals surface area contributed by atoms with Crippen molar-refractivity contribution in [2.24, 2.45) is 23.2 Å². The summed E-state index contributed by atoms with van der Waals surface area (Å²) in [7, 11) is 0. The Labute approximate surface area is 164 Å². The van der Waals surface area contributed by atoms with Gasteiger partial charge in [-0.05, 0) is 44.4 Å². The second-order valence-electron chi connectivity index (χ2n) is 9.81. The summed E-state index contributed by atoms with van der Waals surface area (Å²) in [4.78, 5) is 12.4. The first-order chi connectivity index (χ1) is 13.0. The van der Waals surface area contributed by atoms with Crippen molar-refractivity contribution in [3.63, 3.8) is 0 Å². The largest absolute Gasteiger partial charge is 0.449 e. The maximum absolute atomic E-state index is 12.4. The molecule has 1 aliphatic heterocycles. The van der Waals surface area contributed by atoms with Gasteiger partial charge in [0.1, 0.15) is 6.61 Å². The van der Waals surface area contributed by atoms with E-state index in [1.54, 1.807) is 0 Å². The number of ether oxygens (including phenoxy) is 2. The van der Waals surface area contributed by atoms with Crippen LogP contribution in [0.1, 0.15) is 78.6 Å². The molecule has 1 spiro atoms. The molecule has 2 saturated carbocycles. The molecule has 1 heterocycles. The molecule has 4 aliphatic rings. The van der Waals surface area contributed by atoms with Crippen molar-refractivity contribution in [2.45, 2.75) is 90.2 Å². The fourth-order valence-electron chi connectivity index (χ4n) is 6.69. The first kappa shape index (κ1) is 19.3. The Balaban J connectivity index is 1.45. The number of carbonyl (C=O) groups is 1. The van der Waals surface area contributed by atoms with Crippen LogP contribution in [0.25, 0.3) is 0 Å². The summed E-state index contributed by atoms with van der Waals surface area (Å²) in [5.41, 5.74) is 1.43. The highest BCUT2D eigenvalue weighted by molar-refractivity contribution is 5.67. The lowest BCUT2D eigenvalue weighted by atomic mass is 9.53. The molecule has 1 saturated heterocycles. The number of fused-ring (bicyclic) bond motifs is 3. The molecule has 0 radical (unpaired) electrons. The monoisotopic (exact) mass is 375 g/mol. The van der Waals surface area contributed by atoms with Gasteiger partial charge in [0.25, 0.3) is 0 Å². The Morgan fingerprint density at radius 3 is 2.59 bits per heavy atom. The average Bonchev–Trinajstić information content (AvgIpc) is 3.10. The summed E-state index contributed by atoms with van der Waals surface area (Å²) >= 11 is 0. The molecule has 0 aromatic rings. The van der Waals surface area contributed by atoms with E-state index < -0.39 is 0 Å². The quantitative estimate of drug-likeness (QED) is 0.688. The molecule has 1 N–H and O–H groups in total. The Hall–Kier alpha value is -1.03. The second kappa shape index (κ2) is 7.42. The van der Waals surface area contributed by atoms with Gasteiger partial charge < -0.3 is 14.8 Å². The number of hydrogen-bond acceptors (Lipinski definition) is 3. The molecule has 2 bridgehead atoms. The molecule has 4 heteroatoms. The molecule has 1 amide bonds. The van der Waals surface area contributed by atoms with Gasteiger partial charge in [0.15, 0.2) is 0 Å². The Morgan fingerprint density at radius 1 is 1.19 bits per heavy atom. The van der Waals surface area contributed by atoms with Crippen molar-refractivity contribution < 1.29 is 14.3 Å². The van der Waals surface area contributed by atoms with Gasteiger partial charge in [-0.2, -0.15) is 0 Å². The summed E-state index contributed by atoms with van der Waals surface area (Å²) < 4.78 is 12.5. The lowest BCUT2D eigenvalue weighted by Gasteiger charge is -2.59. The maximum Gasteiger partial charge on any atom is 0.407 e. The van der Waals surface area contributed by atoms with Crippen LogP contribution >= 0.6 is 0 Å². The van der Waals surface area contributed by atoms with E-state index in [2.05, 4.69) is 32.2 Å². The number of hydrogen-bond donors (Lipinski definition) is 1. The molecule has 0 aromatic heterocycles. The highest BCUT2D eigenvalue weighted by Gasteiger charge is 2.60. The molecule has 3 aliphatic carbocycles. The van der Waals surface area contributed by atoms with E-state index in [1.807, 2.05) is 0 Å². The Bertz CT molecular complexity index is 588. The minimum Gasteiger partial charge on any atom is -0.449 e. The Kier molecular flexibility index (Phi) is 5.30. The summed E-state index contributed by atoms with van der Waals surface area (Å²) in [5.74, 6) is 1.31. The van der Waals surface area contributed by atoms with Crippen LogP contribution in [0.4, 0.5) is 4.79 Å². The van der Waals surface area contributed by atoms with E-state index in [9.17, 15) is 4.79 Å². The van der Waals surface area contributed by atoms with Crippen LogP contribution in [-0.2, 0) is 9.47 Å². The molecule has 4 atom stereocenters. The molecular formula is C23H37NO3. The van der Waals surface area contributed by atoms with Gasteiger partial charge in [-0.25, -0.2) is 4.79 Å². The highest BCUT2D eigenvalue weighted by atomic mass is 16.6. The number of allylic oxidation sites excluding steroid dienone is 1. The van der Waals surface area contributed by atoms with Gasteiger partial charge in [0.05, 0.1) is 12.2 Å². The van der Waals surface area contributed by atoms with Crippen LogP contribution in [-0.4, -0.2) is 30.9 Å². The molecule has 152 valence electrons. The zero-order chi connectivity index (χ0) is 19.1. The molecule has 27 heavy (non-hydrogen) atoms. The average molecular weight is 376 g/mol. The minimum atomic E-state index is -0.236. The van der Waals surface area contributed by atoms with Crippen molar-refractivity contribution in [3.05, 3.63) is 11.6 Å². The van der Waals surface area contributed by atoms with Crippen molar-refractivity contribution in [1.82, 2.24) is 5.32 Å². The number of amides is 1. The van der Waals surface area contributed by atoms with Crippen LogP contribution in [0.3, 0.4) is 0 Å². The lowest BCUT2D eigenvalue weighted by molar-refractivity contribution is -0.212. The summed E-state index contributed by atoms with van der Waals surface area (Å²) in [5, 5.41) is 3.10. The number of nitrogens with one attached hydrogen (secondary N) is 1. The molecule has 4 rings (SSSR count). The molecule has 0 aromatic carbocycles. The van der Waals surface area contributed by atoms with E-state index in [4.69, 9.17) is 9.47 Å². The van der Waals surface area contributed by atoms with E-state index in [0.717, 1.165) is 12.8 Å². The van der Waals surface area contributed by atoms with Crippen molar-refractivity contribution in [3.8, 4) is 0 Å². The summed E-state index contributed by atoms with van der Waals surface area (Å²) in [6, 6.07) is 0.296. The third-order valence-electron chi connectivity index (χ3n) is 8.36. The number of carbonyl (C=O) groups excluding carboxylic acids is 1. The Morgan fingerprint density at radius 2 is 1.89 bits per heavy atom. The smallest absolute Gasteiger partial charge is 0.407 e. The SMILES string of the molecule is CC1=CC(C)C2(COC(=O)NC3CCCCC3)COC3(CCCC3)C1[C@H]2C. The molecule has 3 unspecified atom stereocenters. The van der Waals surface area contributed by atoms with Crippen LogP contribution in [0.15, 0.2) is 11.6 Å². The summed E-state index contributed by atoms with van der Waals surface area (Å²) in [6.45, 7) is 8.11. The van der Waals surface area contributed by atoms with Crippen LogP contribution in [0.5, 0.6) is 0 Å².